The van der Waals surface area contributed by atoms with E-state index >= 15 is 0 Å². The Labute approximate surface area is 174 Å². The molecule has 1 fully saturated rings. The quantitative estimate of drug-likeness (QED) is 0.650. The smallest absolute Gasteiger partial charge is 0.341 e. The van der Waals surface area contributed by atoms with Gasteiger partial charge in [0.1, 0.15) is 5.00 Å². The molecule has 0 radical (unpaired) electrons. The van der Waals surface area contributed by atoms with Crippen molar-refractivity contribution >= 4 is 40.1 Å². The Balaban J connectivity index is 2.39. The molecule has 8 nitrogen and oxygen atoms in total. The van der Waals surface area contributed by atoms with Crippen LogP contribution in [0.4, 0.5) is 5.00 Å². The zero-order valence-corrected chi connectivity index (χ0v) is 18.1. The van der Waals surface area contributed by atoms with Crippen LogP contribution in [0.2, 0.25) is 0 Å². The first kappa shape index (κ1) is 22.9. The number of carbonyl (C=O) groups is 4. The number of hydrogen-bond donors (Lipinski definition) is 2. The Bertz CT molecular complexity index is 799. The summed E-state index contributed by atoms with van der Waals surface area (Å²) in [6, 6.07) is 0. The van der Waals surface area contributed by atoms with Crippen molar-refractivity contribution in [3.63, 3.8) is 0 Å². The number of amides is 2. The molecule has 0 spiro atoms. The first-order valence-corrected chi connectivity index (χ1v) is 10.6. The molecule has 2 unspecified atom stereocenters. The molecule has 1 saturated carbocycles. The van der Waals surface area contributed by atoms with Gasteiger partial charge in [0, 0.05) is 13.1 Å². The summed E-state index contributed by atoms with van der Waals surface area (Å²) < 4.78 is 4.85. The minimum absolute atomic E-state index is 0.143. The normalized spacial score (nSPS) is 18.8. The van der Waals surface area contributed by atoms with Crippen LogP contribution in [0.1, 0.15) is 65.1 Å². The average Bonchev–Trinajstić information content (AvgIpc) is 3.03. The van der Waals surface area contributed by atoms with Gasteiger partial charge in [0.25, 0.3) is 5.91 Å². The number of carboxylic acid groups (broad SMARTS) is 1. The zero-order valence-electron chi connectivity index (χ0n) is 17.2. The molecule has 0 bridgehead atoms. The van der Waals surface area contributed by atoms with E-state index in [0.717, 1.165) is 24.2 Å². The summed E-state index contributed by atoms with van der Waals surface area (Å²) in [5, 5.41) is 12.4. The summed E-state index contributed by atoms with van der Waals surface area (Å²) in [5.41, 5.74) is 0.594. The number of thiophene rings is 1. The Kier molecular flexibility index (Phi) is 7.78. The van der Waals surface area contributed by atoms with Crippen molar-refractivity contribution in [3.8, 4) is 0 Å². The fourth-order valence-corrected chi connectivity index (χ4v) is 4.92. The van der Waals surface area contributed by atoms with Gasteiger partial charge in [-0.25, -0.2) is 4.79 Å². The van der Waals surface area contributed by atoms with Gasteiger partial charge in [0.2, 0.25) is 5.91 Å². The topological polar surface area (TPSA) is 113 Å². The molecule has 160 valence electrons. The lowest BCUT2D eigenvalue weighted by molar-refractivity contribution is -0.147. The van der Waals surface area contributed by atoms with Gasteiger partial charge in [0.05, 0.1) is 29.4 Å². The highest BCUT2D eigenvalue weighted by atomic mass is 32.1. The van der Waals surface area contributed by atoms with Gasteiger partial charge in [-0.15, -0.1) is 11.3 Å². The summed E-state index contributed by atoms with van der Waals surface area (Å²) in [7, 11) is 1.23. The third-order valence-corrected chi connectivity index (χ3v) is 6.63. The van der Waals surface area contributed by atoms with Crippen molar-refractivity contribution in [1.82, 2.24) is 4.90 Å². The maximum absolute atomic E-state index is 12.9. The van der Waals surface area contributed by atoms with E-state index in [1.165, 1.54) is 7.11 Å². The molecular weight excluding hydrogens is 396 g/mol. The molecule has 29 heavy (non-hydrogen) atoms. The van der Waals surface area contributed by atoms with E-state index in [2.05, 4.69) is 5.32 Å². The Morgan fingerprint density at radius 2 is 1.72 bits per heavy atom. The zero-order chi connectivity index (χ0) is 21.7. The Hall–Kier alpha value is -2.42. The number of methoxy groups -OCH3 is 1. The monoisotopic (exact) mass is 424 g/mol. The minimum Gasteiger partial charge on any atom is -0.481 e. The average molecular weight is 425 g/mol. The summed E-state index contributed by atoms with van der Waals surface area (Å²) in [5.74, 6) is -3.71. The lowest BCUT2D eigenvalue weighted by Gasteiger charge is -2.27. The molecule has 1 heterocycles. The van der Waals surface area contributed by atoms with Gasteiger partial charge >= 0.3 is 11.9 Å². The van der Waals surface area contributed by atoms with Gasteiger partial charge in [-0.1, -0.05) is 12.8 Å². The number of carboxylic acids is 1. The van der Waals surface area contributed by atoms with Crippen LogP contribution in [-0.2, 0) is 14.3 Å². The van der Waals surface area contributed by atoms with Crippen LogP contribution >= 0.6 is 11.3 Å². The Morgan fingerprint density at radius 1 is 1.14 bits per heavy atom. The van der Waals surface area contributed by atoms with Gasteiger partial charge in [-0.05, 0) is 39.2 Å². The first-order chi connectivity index (χ1) is 13.8. The molecule has 1 aromatic rings. The van der Waals surface area contributed by atoms with Crippen LogP contribution in [0, 0.1) is 18.8 Å². The van der Waals surface area contributed by atoms with Crippen molar-refractivity contribution in [3.05, 3.63) is 16.0 Å². The van der Waals surface area contributed by atoms with Crippen molar-refractivity contribution in [2.45, 2.75) is 46.5 Å². The third-order valence-electron chi connectivity index (χ3n) is 5.44. The first-order valence-electron chi connectivity index (χ1n) is 9.81. The minimum atomic E-state index is -0.988. The van der Waals surface area contributed by atoms with Crippen LogP contribution in [0.5, 0.6) is 0 Å². The molecule has 1 aromatic heterocycles. The predicted molar refractivity (Wildman–Crippen MR) is 109 cm³/mol. The second-order valence-electron chi connectivity index (χ2n) is 7.05. The number of ether oxygens (including phenoxy) is 1. The van der Waals surface area contributed by atoms with E-state index < -0.39 is 29.7 Å². The molecule has 0 saturated heterocycles. The van der Waals surface area contributed by atoms with Gasteiger partial charge in [-0.3, -0.25) is 14.4 Å². The van der Waals surface area contributed by atoms with E-state index in [-0.39, 0.29) is 16.5 Å². The summed E-state index contributed by atoms with van der Waals surface area (Å²) >= 11 is 1.03. The molecule has 9 heteroatoms. The molecule has 2 atom stereocenters. The van der Waals surface area contributed by atoms with Gasteiger partial charge in [-0.2, -0.15) is 0 Å². The van der Waals surface area contributed by atoms with Crippen LogP contribution in [0.3, 0.4) is 0 Å². The van der Waals surface area contributed by atoms with Gasteiger partial charge in [0.15, 0.2) is 0 Å². The van der Waals surface area contributed by atoms with E-state index in [0.29, 0.717) is 36.4 Å². The molecule has 0 aromatic carbocycles. The van der Waals surface area contributed by atoms with Gasteiger partial charge < -0.3 is 20.1 Å². The van der Waals surface area contributed by atoms with E-state index in [1.54, 1.807) is 11.8 Å². The number of rotatable bonds is 7. The molecular formula is C20H28N2O6S. The highest BCUT2D eigenvalue weighted by Crippen LogP contribution is 2.37. The fraction of sp³-hybridized carbons (Fsp3) is 0.600. The van der Waals surface area contributed by atoms with E-state index in [1.807, 2.05) is 13.8 Å². The number of carbonyl (C=O) groups excluding carboxylic acids is 3. The van der Waals surface area contributed by atoms with Crippen LogP contribution < -0.4 is 5.32 Å². The number of aliphatic carboxylic acids is 1. The molecule has 2 N–H and O–H groups in total. The largest absolute Gasteiger partial charge is 0.481 e. The maximum Gasteiger partial charge on any atom is 0.341 e. The van der Waals surface area contributed by atoms with Crippen molar-refractivity contribution in [2.75, 3.05) is 25.5 Å². The lowest BCUT2D eigenvalue weighted by atomic mass is 9.79. The highest BCUT2D eigenvalue weighted by molar-refractivity contribution is 7.18. The Morgan fingerprint density at radius 3 is 2.24 bits per heavy atom. The van der Waals surface area contributed by atoms with E-state index in [9.17, 15) is 24.3 Å². The highest BCUT2D eigenvalue weighted by Gasteiger charge is 2.37. The number of nitrogens with zero attached hydrogens (tertiary/aromatic N) is 1. The van der Waals surface area contributed by atoms with Crippen molar-refractivity contribution in [1.29, 1.82) is 0 Å². The predicted octanol–water partition coefficient (Wildman–Crippen LogP) is 3.15. The molecule has 2 rings (SSSR count). The summed E-state index contributed by atoms with van der Waals surface area (Å²) in [6.07, 6.45) is 2.48. The second-order valence-corrected chi connectivity index (χ2v) is 8.07. The van der Waals surface area contributed by atoms with Crippen LogP contribution in [-0.4, -0.2) is 54.0 Å². The molecule has 1 aliphatic carbocycles. The van der Waals surface area contributed by atoms with Crippen LogP contribution in [0.15, 0.2) is 0 Å². The standard InChI is InChI=1S/C20H28N2O6S/c1-5-22(6-2)18(24)15-11(3)14(20(27)28-4)17(29-15)21-16(23)12-9-7-8-10-13(12)19(25)26/h12-13H,5-10H2,1-4H3,(H,21,23)(H,25,26). The lowest BCUT2D eigenvalue weighted by Crippen LogP contribution is -2.36. The van der Waals surface area contributed by atoms with E-state index in [4.69, 9.17) is 4.74 Å². The third kappa shape index (κ3) is 4.77. The number of nitrogens with one attached hydrogen (secondary N) is 1. The van der Waals surface area contributed by atoms with Crippen molar-refractivity contribution in [2.24, 2.45) is 11.8 Å². The second kappa shape index (κ2) is 9.87. The maximum atomic E-state index is 12.9. The molecule has 0 aliphatic heterocycles. The number of hydrogen-bond acceptors (Lipinski definition) is 6. The molecule has 1 aliphatic rings. The summed E-state index contributed by atoms with van der Waals surface area (Å²) in [4.78, 5) is 51.6. The number of anilines is 1. The molecule has 2 amide bonds. The summed E-state index contributed by atoms with van der Waals surface area (Å²) in [6.45, 7) is 6.41. The fourth-order valence-electron chi connectivity index (χ4n) is 3.75. The SMILES string of the molecule is CCN(CC)C(=O)c1sc(NC(=O)C2CCCCC2C(=O)O)c(C(=O)OC)c1C. The van der Waals surface area contributed by atoms with Crippen molar-refractivity contribution < 1.29 is 29.0 Å². The van der Waals surface area contributed by atoms with Crippen LogP contribution in [0.25, 0.3) is 0 Å². The number of esters is 1.